The van der Waals surface area contributed by atoms with Crippen LogP contribution in [-0.4, -0.2) is 18.5 Å². The number of carbonyl (C=O) groups excluding carboxylic acids is 1. The van der Waals surface area contributed by atoms with Crippen molar-refractivity contribution in [1.29, 1.82) is 0 Å². The summed E-state index contributed by atoms with van der Waals surface area (Å²) >= 11 is 0. The molecule has 0 aromatic heterocycles. The van der Waals surface area contributed by atoms with Crippen molar-refractivity contribution in [2.75, 3.05) is 7.11 Å². The van der Waals surface area contributed by atoms with Gasteiger partial charge in [-0.2, -0.15) is 0 Å². The summed E-state index contributed by atoms with van der Waals surface area (Å²) in [5.74, 6) is 0.971. The Morgan fingerprint density at radius 1 is 1.38 bits per heavy atom. The summed E-state index contributed by atoms with van der Waals surface area (Å²) in [7, 11) is 1.81. The third-order valence-corrected chi connectivity index (χ3v) is 3.83. The lowest BCUT2D eigenvalue weighted by atomic mass is 9.86. The number of hydrogen-bond donors (Lipinski definition) is 0. The molecule has 2 heteroatoms. The molecule has 2 fully saturated rings. The van der Waals surface area contributed by atoms with Crippen molar-refractivity contribution in [2.45, 2.75) is 50.5 Å². The highest BCUT2D eigenvalue weighted by molar-refractivity contribution is 5.79. The number of rotatable bonds is 1. The van der Waals surface area contributed by atoms with E-state index in [4.69, 9.17) is 4.74 Å². The van der Waals surface area contributed by atoms with Gasteiger partial charge in [0.1, 0.15) is 5.78 Å². The Kier molecular flexibility index (Phi) is 2.41. The van der Waals surface area contributed by atoms with Crippen molar-refractivity contribution in [3.8, 4) is 0 Å². The second kappa shape index (κ2) is 3.41. The number of methoxy groups -OCH3 is 1. The van der Waals surface area contributed by atoms with E-state index in [1.54, 1.807) is 0 Å². The summed E-state index contributed by atoms with van der Waals surface area (Å²) in [5, 5.41) is 0. The highest BCUT2D eigenvalue weighted by Crippen LogP contribution is 2.45. The Labute approximate surface area is 79.7 Å². The molecule has 0 saturated heterocycles. The van der Waals surface area contributed by atoms with Crippen LogP contribution in [0.5, 0.6) is 0 Å². The van der Waals surface area contributed by atoms with Crippen molar-refractivity contribution < 1.29 is 9.53 Å². The van der Waals surface area contributed by atoms with Gasteiger partial charge in [0, 0.05) is 20.0 Å². The van der Waals surface area contributed by atoms with Gasteiger partial charge >= 0.3 is 0 Å². The summed E-state index contributed by atoms with van der Waals surface area (Å²) in [4.78, 5) is 11.4. The van der Waals surface area contributed by atoms with E-state index in [9.17, 15) is 4.79 Å². The van der Waals surface area contributed by atoms with Crippen LogP contribution in [0.3, 0.4) is 0 Å². The average molecular weight is 182 g/mol. The first-order valence-electron chi connectivity index (χ1n) is 5.34. The molecule has 0 aliphatic heterocycles. The average Bonchev–Trinajstić information content (AvgIpc) is 2.43. The van der Waals surface area contributed by atoms with Gasteiger partial charge < -0.3 is 4.74 Å². The molecule has 2 unspecified atom stereocenters. The van der Waals surface area contributed by atoms with Crippen LogP contribution in [-0.2, 0) is 9.53 Å². The molecular formula is C11H18O2. The standard InChI is InChI=1S/C11H18O2/c1-13-11-6-2-4-9(11)8-10(12)5-3-7-11/h9H,2-8H2,1H3. The van der Waals surface area contributed by atoms with E-state index in [0.717, 1.165) is 25.7 Å². The summed E-state index contributed by atoms with van der Waals surface area (Å²) in [6.07, 6.45) is 7.28. The minimum absolute atomic E-state index is 0.0756. The molecule has 0 aromatic rings. The first-order chi connectivity index (χ1) is 6.27. The molecule has 0 amide bonds. The van der Waals surface area contributed by atoms with Gasteiger partial charge in [-0.25, -0.2) is 0 Å². The van der Waals surface area contributed by atoms with E-state index < -0.39 is 0 Å². The van der Waals surface area contributed by atoms with Gasteiger partial charge in [-0.3, -0.25) is 4.79 Å². The third kappa shape index (κ3) is 1.52. The number of hydrogen-bond acceptors (Lipinski definition) is 2. The van der Waals surface area contributed by atoms with Crippen molar-refractivity contribution in [2.24, 2.45) is 5.92 Å². The molecule has 74 valence electrons. The molecule has 0 aromatic carbocycles. The Hall–Kier alpha value is -0.370. The van der Waals surface area contributed by atoms with Crippen molar-refractivity contribution in [3.05, 3.63) is 0 Å². The summed E-state index contributed by atoms with van der Waals surface area (Å²) in [6.45, 7) is 0. The lowest BCUT2D eigenvalue weighted by Crippen LogP contribution is -2.34. The van der Waals surface area contributed by atoms with E-state index in [1.807, 2.05) is 7.11 Å². The SMILES string of the molecule is COC12CCCC(=O)CC1CCC2. The largest absolute Gasteiger partial charge is 0.378 e. The predicted octanol–water partition coefficient (Wildman–Crippen LogP) is 2.31. The van der Waals surface area contributed by atoms with Gasteiger partial charge in [-0.1, -0.05) is 6.42 Å². The molecule has 0 bridgehead atoms. The van der Waals surface area contributed by atoms with Gasteiger partial charge in [0.25, 0.3) is 0 Å². The van der Waals surface area contributed by atoms with Gasteiger partial charge in [-0.05, 0) is 31.6 Å². The van der Waals surface area contributed by atoms with Crippen LogP contribution >= 0.6 is 0 Å². The molecular weight excluding hydrogens is 164 g/mol. The summed E-state index contributed by atoms with van der Waals surface area (Å²) in [5.41, 5.74) is 0.0756. The van der Waals surface area contributed by atoms with Crippen LogP contribution in [0.15, 0.2) is 0 Å². The number of fused-ring (bicyclic) bond motifs is 1. The maximum atomic E-state index is 11.4. The fourth-order valence-electron chi connectivity index (χ4n) is 3.06. The van der Waals surface area contributed by atoms with Crippen molar-refractivity contribution >= 4 is 5.78 Å². The van der Waals surface area contributed by atoms with E-state index in [1.165, 1.54) is 19.3 Å². The number of Topliss-reactive ketones (excluding diaryl/α,β-unsaturated/α-hetero) is 1. The van der Waals surface area contributed by atoms with E-state index >= 15 is 0 Å². The predicted molar refractivity (Wildman–Crippen MR) is 50.6 cm³/mol. The molecule has 2 saturated carbocycles. The monoisotopic (exact) mass is 182 g/mol. The lowest BCUT2D eigenvalue weighted by Gasteiger charge is -2.32. The quantitative estimate of drug-likeness (QED) is 0.622. The number of carbonyl (C=O) groups is 1. The van der Waals surface area contributed by atoms with E-state index in [0.29, 0.717) is 11.7 Å². The minimum atomic E-state index is 0.0756. The second-order valence-corrected chi connectivity index (χ2v) is 4.45. The molecule has 2 aliphatic carbocycles. The molecule has 2 nitrogen and oxygen atoms in total. The van der Waals surface area contributed by atoms with Crippen LogP contribution < -0.4 is 0 Å². The topological polar surface area (TPSA) is 26.3 Å². The molecule has 2 aliphatic rings. The van der Waals surface area contributed by atoms with Crippen LogP contribution in [0.1, 0.15) is 44.9 Å². The second-order valence-electron chi connectivity index (χ2n) is 4.45. The molecule has 0 heterocycles. The minimum Gasteiger partial charge on any atom is -0.378 e. The van der Waals surface area contributed by atoms with Crippen LogP contribution in [0.25, 0.3) is 0 Å². The number of ether oxygens (including phenoxy) is 1. The first kappa shape index (κ1) is 9.20. The van der Waals surface area contributed by atoms with Crippen LogP contribution in [0.4, 0.5) is 0 Å². The zero-order chi connectivity index (χ0) is 9.31. The summed E-state index contributed by atoms with van der Waals surface area (Å²) < 4.78 is 5.68. The normalized spacial score (nSPS) is 40.1. The van der Waals surface area contributed by atoms with E-state index in [-0.39, 0.29) is 5.60 Å². The smallest absolute Gasteiger partial charge is 0.133 e. The Morgan fingerprint density at radius 3 is 2.92 bits per heavy atom. The van der Waals surface area contributed by atoms with E-state index in [2.05, 4.69) is 0 Å². The zero-order valence-corrected chi connectivity index (χ0v) is 8.34. The van der Waals surface area contributed by atoms with Crippen molar-refractivity contribution in [1.82, 2.24) is 0 Å². The fraction of sp³-hybridized carbons (Fsp3) is 0.909. The van der Waals surface area contributed by atoms with Gasteiger partial charge in [0.15, 0.2) is 0 Å². The molecule has 0 spiro atoms. The van der Waals surface area contributed by atoms with Crippen LogP contribution in [0, 0.1) is 5.92 Å². The van der Waals surface area contributed by atoms with Crippen molar-refractivity contribution in [3.63, 3.8) is 0 Å². The highest BCUT2D eigenvalue weighted by Gasteiger charge is 2.44. The molecule has 2 atom stereocenters. The molecule has 0 N–H and O–H groups in total. The molecule has 2 rings (SSSR count). The zero-order valence-electron chi connectivity index (χ0n) is 8.34. The maximum absolute atomic E-state index is 11.4. The Balaban J connectivity index is 2.17. The first-order valence-corrected chi connectivity index (χ1v) is 5.34. The Bertz CT molecular complexity index is 212. The molecule has 0 radical (unpaired) electrons. The Morgan fingerprint density at radius 2 is 2.15 bits per heavy atom. The maximum Gasteiger partial charge on any atom is 0.133 e. The third-order valence-electron chi connectivity index (χ3n) is 3.83. The highest BCUT2D eigenvalue weighted by atomic mass is 16.5. The van der Waals surface area contributed by atoms with Gasteiger partial charge in [0.05, 0.1) is 5.60 Å². The van der Waals surface area contributed by atoms with Gasteiger partial charge in [-0.15, -0.1) is 0 Å². The molecule has 13 heavy (non-hydrogen) atoms. The fourth-order valence-corrected chi connectivity index (χ4v) is 3.06. The summed E-state index contributed by atoms with van der Waals surface area (Å²) in [6, 6.07) is 0. The number of ketones is 1. The van der Waals surface area contributed by atoms with Gasteiger partial charge in [0.2, 0.25) is 0 Å². The van der Waals surface area contributed by atoms with Crippen LogP contribution in [0.2, 0.25) is 0 Å². The lowest BCUT2D eigenvalue weighted by molar-refractivity contribution is -0.121.